The van der Waals surface area contributed by atoms with Crippen LogP contribution in [0.15, 0.2) is 61.1 Å². The number of piperazine rings is 1. The van der Waals surface area contributed by atoms with Crippen LogP contribution >= 0.6 is 7.82 Å². The summed E-state index contributed by atoms with van der Waals surface area (Å²) in [5.41, 5.74) is -7.41. The summed E-state index contributed by atoms with van der Waals surface area (Å²) in [5, 5.41) is 6.04. The van der Waals surface area contributed by atoms with Crippen LogP contribution in [0.4, 0.5) is 59.4 Å². The van der Waals surface area contributed by atoms with Gasteiger partial charge < -0.3 is 33.9 Å². The number of fused-ring (bicyclic) bond motifs is 2. The molecule has 4 aromatic rings. The summed E-state index contributed by atoms with van der Waals surface area (Å²) in [6.07, 6.45) is -13.0. The van der Waals surface area contributed by atoms with E-state index in [1.807, 2.05) is 5.32 Å². The Hall–Kier alpha value is -7.47. The van der Waals surface area contributed by atoms with Crippen molar-refractivity contribution in [3.05, 3.63) is 94.9 Å². The van der Waals surface area contributed by atoms with Gasteiger partial charge in [0.25, 0.3) is 0 Å². The van der Waals surface area contributed by atoms with Crippen LogP contribution in [0.3, 0.4) is 0 Å². The highest BCUT2D eigenvalue weighted by atomic mass is 31.2. The maximum atomic E-state index is 16.6. The van der Waals surface area contributed by atoms with E-state index in [0.29, 0.717) is 93.3 Å². The molecular weight excluding hydrogens is 1340 g/mol. The summed E-state index contributed by atoms with van der Waals surface area (Å²) in [5.74, 6) is -5.15. The maximum Gasteiger partial charge on any atom is 0.510 e. The molecule has 2 N–H and O–H groups in total. The molecule has 6 atom stereocenters. The van der Waals surface area contributed by atoms with Gasteiger partial charge in [-0.25, -0.2) is 47.1 Å². The molecule has 3 aliphatic rings. The number of halogens is 10. The molecule has 98 heavy (non-hydrogen) atoms. The van der Waals surface area contributed by atoms with Crippen LogP contribution in [0.5, 0.6) is 0 Å². The first-order chi connectivity index (χ1) is 45.5. The van der Waals surface area contributed by atoms with Crippen molar-refractivity contribution in [1.82, 2.24) is 40.4 Å². The summed E-state index contributed by atoms with van der Waals surface area (Å²) < 4.78 is 207. The number of nitrogens with one attached hydrogen (secondary N) is 2. The predicted molar refractivity (Wildman–Crippen MR) is 330 cm³/mol. The van der Waals surface area contributed by atoms with Gasteiger partial charge in [0.2, 0.25) is 18.6 Å². The number of amides is 2. The number of anilines is 1. The van der Waals surface area contributed by atoms with Crippen LogP contribution in [-0.4, -0.2) is 167 Å². The summed E-state index contributed by atoms with van der Waals surface area (Å²) in [6, 6.07) is 6.71. The van der Waals surface area contributed by atoms with Gasteiger partial charge in [-0.3, -0.25) is 33.8 Å². The number of carbonyl (C=O) groups is 5. The third-order valence-electron chi connectivity index (χ3n) is 16.7. The zero-order valence-corrected chi connectivity index (χ0v) is 56.8. The number of benzene rings is 2. The molecule has 0 spiro atoms. The molecule has 2 amide bonds. The van der Waals surface area contributed by atoms with Gasteiger partial charge in [-0.15, -0.1) is 0 Å². The molecule has 3 saturated heterocycles. The van der Waals surface area contributed by atoms with E-state index in [1.54, 1.807) is 12.4 Å². The lowest BCUT2D eigenvalue weighted by Crippen LogP contribution is -2.62. The first kappa shape index (κ1) is 77.9. The molecule has 3 aliphatic heterocycles. The Bertz CT molecular complexity index is 3520. The van der Waals surface area contributed by atoms with E-state index >= 15 is 22.0 Å². The number of Topliss-reactive ketones (excluding diaryl/α,β-unsaturated/α-hetero) is 1. The Morgan fingerprint density at radius 3 is 1.84 bits per heavy atom. The molecule has 2 bridgehead atoms. The third-order valence-corrected chi connectivity index (χ3v) is 18.7. The second-order valence-corrected chi connectivity index (χ2v) is 28.5. The SMILES string of the molecule is COC(=O)C[C@H](C(=O)NN(Cc1c(F)cc(-c2ccn(C(F)F)n2)cc1F)C[C@H](OC(=O)OCOP(=O)(OC(C)(C)C)OC(C)(C)C)[C@@H](CC(=O)[C@@H](NC(=O)OC)C(C)(C)C(F)(F)F)Cc1ccc(C#Cc2cnc(N3CC4CCC(C3)N4C3COC3)nc2)cc1)C(C)(C)C(F)(F)F. The second-order valence-electron chi connectivity index (χ2n) is 27.0. The fraction of sp³-hybridized carbons (Fsp3) is 0.594. The van der Waals surface area contributed by atoms with E-state index in [0.717, 1.165) is 52.4 Å². The number of phosphoric ester groups is 1. The van der Waals surface area contributed by atoms with Crippen molar-refractivity contribution >= 4 is 43.7 Å². The van der Waals surface area contributed by atoms with Gasteiger partial charge in [0.1, 0.15) is 23.8 Å². The topological polar surface area (TPSA) is 254 Å². The molecule has 23 nitrogen and oxygen atoms in total. The van der Waals surface area contributed by atoms with Crippen LogP contribution in [0.25, 0.3) is 11.3 Å². The second kappa shape index (κ2) is 31.4. The van der Waals surface area contributed by atoms with Crippen molar-refractivity contribution in [2.45, 2.75) is 168 Å². The molecule has 0 saturated carbocycles. The van der Waals surface area contributed by atoms with Gasteiger partial charge in [0, 0.05) is 79.3 Å². The molecule has 3 fully saturated rings. The molecule has 2 aromatic heterocycles. The molecule has 540 valence electrons. The number of hydrogen-bond donors (Lipinski definition) is 2. The lowest BCUT2D eigenvalue weighted by molar-refractivity contribution is -0.231. The minimum Gasteiger partial charge on any atom is -0.469 e. The van der Waals surface area contributed by atoms with Crippen molar-refractivity contribution < 1.29 is 110 Å². The van der Waals surface area contributed by atoms with Gasteiger partial charge >= 0.3 is 44.9 Å². The Kier molecular flexibility index (Phi) is 24.9. The molecule has 2 unspecified atom stereocenters. The maximum absolute atomic E-state index is 16.6. The summed E-state index contributed by atoms with van der Waals surface area (Å²) >= 11 is 0. The van der Waals surface area contributed by atoms with Gasteiger partial charge in [-0.2, -0.15) is 40.2 Å². The quantitative estimate of drug-likeness (QED) is 0.0107. The molecule has 0 aliphatic carbocycles. The number of esters is 1. The molecular formula is C64H80F10N9O14P. The number of phosphoric acid groups is 1. The zero-order chi connectivity index (χ0) is 72.7. The van der Waals surface area contributed by atoms with Gasteiger partial charge in [-0.1, -0.05) is 37.8 Å². The number of aromatic nitrogens is 4. The average Bonchev–Trinajstić information content (AvgIpc) is 1.41. The number of carbonyl (C=O) groups excluding carboxylic acids is 5. The number of ketones is 1. The predicted octanol–water partition coefficient (Wildman–Crippen LogP) is 11.4. The smallest absolute Gasteiger partial charge is 0.469 e. The number of alkyl halides is 8. The van der Waals surface area contributed by atoms with Crippen molar-refractivity contribution in [2.75, 3.05) is 58.8 Å². The Morgan fingerprint density at radius 2 is 1.34 bits per heavy atom. The average molecular weight is 1420 g/mol. The van der Waals surface area contributed by atoms with Crippen molar-refractivity contribution in [2.24, 2.45) is 22.7 Å². The van der Waals surface area contributed by atoms with Crippen molar-refractivity contribution in [3.8, 4) is 23.1 Å². The number of methoxy groups -OCH3 is 2. The number of nitrogens with zero attached hydrogens (tertiary/aromatic N) is 7. The molecule has 2 aromatic carbocycles. The lowest BCUT2D eigenvalue weighted by Gasteiger charge is -2.47. The molecule has 0 radical (unpaired) electrons. The Morgan fingerprint density at radius 1 is 0.765 bits per heavy atom. The number of hydrogen-bond acceptors (Lipinski definition) is 20. The lowest BCUT2D eigenvalue weighted by atomic mass is 9.75. The van der Waals surface area contributed by atoms with Gasteiger partial charge in [0.05, 0.1) is 85.6 Å². The summed E-state index contributed by atoms with van der Waals surface area (Å²) in [4.78, 5) is 83.3. The molecule has 5 heterocycles. The number of ether oxygens (including phenoxy) is 5. The van der Waals surface area contributed by atoms with E-state index in [4.69, 9.17) is 27.8 Å². The van der Waals surface area contributed by atoms with Crippen LogP contribution in [0.1, 0.15) is 124 Å². The largest absolute Gasteiger partial charge is 0.510 e. The minimum atomic E-state index is -5.27. The van der Waals surface area contributed by atoms with E-state index in [1.165, 1.54) is 65.8 Å². The van der Waals surface area contributed by atoms with E-state index in [-0.39, 0.29) is 15.9 Å². The van der Waals surface area contributed by atoms with Crippen LogP contribution < -0.4 is 15.6 Å². The van der Waals surface area contributed by atoms with E-state index in [9.17, 15) is 50.5 Å². The molecule has 7 rings (SSSR count). The third kappa shape index (κ3) is 20.4. The number of alkyl carbamates (subject to hydrolysis) is 1. The fourth-order valence-corrected chi connectivity index (χ4v) is 12.9. The van der Waals surface area contributed by atoms with Crippen molar-refractivity contribution in [3.63, 3.8) is 0 Å². The standard InChI is InChI=1S/C64H80F10N9O14P/c1-59(2,3)96-98(89,97-60(4,5)6)94-36-93-58(88)95-51(33-81(79-54(86)46(27-52(85)90-11)61(7,8)63(69,70)71)32-45-47(65)24-40(25-48(45)66)49-21-22-82(78-49)55(67)68)41(26-50(84)53(77-57(87)91-12)62(9,10)64(72,73)74)23-38-16-13-37(14-17-38)15-18-39-28-75-56(76-29-39)80-30-42-19-20-43(31-80)83(42)44-34-92-35-44/h13-14,16-17,21-22,24-25,28-29,41-44,46,51,53,55H,19-20,23,26-27,30-36H2,1-12H3,(H,77,87)(H,79,86)/t41-,42?,43?,46-,51+,53-/m1/s1. The number of hydrazine groups is 1. The first-order valence-corrected chi connectivity index (χ1v) is 32.4. The fourth-order valence-electron chi connectivity index (χ4n) is 11.3. The summed E-state index contributed by atoms with van der Waals surface area (Å²) in [7, 11) is -3.10. The van der Waals surface area contributed by atoms with E-state index in [2.05, 4.69) is 51.6 Å². The van der Waals surface area contributed by atoms with Crippen LogP contribution in [-0.2, 0) is 69.2 Å². The minimum absolute atomic E-state index is 0.175. The normalized spacial score (nSPS) is 17.9. The number of rotatable bonds is 27. The van der Waals surface area contributed by atoms with Gasteiger partial charge in [-0.05, 0) is 111 Å². The highest BCUT2D eigenvalue weighted by molar-refractivity contribution is 7.48. The Labute approximate surface area is 559 Å². The van der Waals surface area contributed by atoms with Crippen LogP contribution in [0, 0.1) is 46.1 Å². The highest BCUT2D eigenvalue weighted by Crippen LogP contribution is 2.55. The van der Waals surface area contributed by atoms with Crippen LogP contribution in [0.2, 0.25) is 0 Å². The highest BCUT2D eigenvalue weighted by Gasteiger charge is 2.57. The van der Waals surface area contributed by atoms with E-state index < -0.39 is 165 Å². The monoisotopic (exact) mass is 1420 g/mol. The van der Waals surface area contributed by atoms with Gasteiger partial charge in [0.15, 0.2) is 5.78 Å². The first-order valence-electron chi connectivity index (χ1n) is 31.0. The van der Waals surface area contributed by atoms with Crippen molar-refractivity contribution in [1.29, 1.82) is 0 Å². The Balaban J connectivity index is 1.32. The molecule has 34 heteroatoms. The summed E-state index contributed by atoms with van der Waals surface area (Å²) in [6.45, 7) is 7.05. The zero-order valence-electron chi connectivity index (χ0n) is 56.0.